The first-order chi connectivity index (χ1) is 11.2. The Morgan fingerprint density at radius 3 is 2.87 bits per heavy atom. The van der Waals surface area contributed by atoms with Crippen LogP contribution in [0, 0.1) is 0 Å². The van der Waals surface area contributed by atoms with E-state index in [1.807, 2.05) is 31.2 Å². The molecule has 1 amide bonds. The van der Waals surface area contributed by atoms with Gasteiger partial charge in [-0.3, -0.25) is 9.48 Å². The second kappa shape index (κ2) is 6.39. The smallest absolute Gasteiger partial charge is 0.249 e. The highest BCUT2D eigenvalue weighted by atomic mass is 16.2. The van der Waals surface area contributed by atoms with Crippen LogP contribution in [0.3, 0.4) is 0 Å². The Kier molecular flexibility index (Phi) is 4.13. The van der Waals surface area contributed by atoms with Gasteiger partial charge in [0.1, 0.15) is 6.04 Å². The van der Waals surface area contributed by atoms with Crippen LogP contribution < -0.4 is 5.32 Å². The molecule has 0 aliphatic rings. The van der Waals surface area contributed by atoms with E-state index in [-0.39, 0.29) is 5.91 Å². The molecule has 1 N–H and O–H groups in total. The quantitative estimate of drug-likeness (QED) is 0.773. The SMILES string of the molecule is CCc1nnnn1-c1ccccc1NC(=O)[C@H](C)n1cccn1. The zero-order valence-electron chi connectivity index (χ0n) is 12.9. The fourth-order valence-electron chi connectivity index (χ4n) is 2.24. The highest BCUT2D eigenvalue weighted by Gasteiger charge is 2.18. The minimum atomic E-state index is -0.419. The number of nitrogens with one attached hydrogen (secondary N) is 1. The number of para-hydroxylation sites is 2. The van der Waals surface area contributed by atoms with Gasteiger partial charge in [0.25, 0.3) is 0 Å². The van der Waals surface area contributed by atoms with E-state index in [2.05, 4.69) is 25.9 Å². The third-order valence-corrected chi connectivity index (χ3v) is 3.54. The van der Waals surface area contributed by atoms with Gasteiger partial charge >= 0.3 is 0 Å². The molecule has 0 bridgehead atoms. The van der Waals surface area contributed by atoms with Crippen LogP contribution in [0.2, 0.25) is 0 Å². The summed E-state index contributed by atoms with van der Waals surface area (Å²) in [5.74, 6) is 0.569. The third-order valence-electron chi connectivity index (χ3n) is 3.54. The van der Waals surface area contributed by atoms with Crippen LogP contribution in [0.4, 0.5) is 5.69 Å². The summed E-state index contributed by atoms with van der Waals surface area (Å²) in [6, 6.07) is 8.79. The number of rotatable bonds is 5. The van der Waals surface area contributed by atoms with Crippen molar-refractivity contribution in [2.75, 3.05) is 5.32 Å². The van der Waals surface area contributed by atoms with Crippen molar-refractivity contribution in [1.29, 1.82) is 0 Å². The lowest BCUT2D eigenvalue weighted by atomic mass is 10.2. The van der Waals surface area contributed by atoms with E-state index in [1.54, 1.807) is 34.7 Å². The number of hydrogen-bond donors (Lipinski definition) is 1. The number of carbonyl (C=O) groups excluding carboxylic acids is 1. The first kappa shape index (κ1) is 14.9. The third kappa shape index (κ3) is 2.96. The van der Waals surface area contributed by atoms with Crippen molar-refractivity contribution in [2.45, 2.75) is 26.3 Å². The molecular weight excluding hydrogens is 294 g/mol. The minimum absolute atomic E-state index is 0.160. The van der Waals surface area contributed by atoms with Gasteiger partial charge in [-0.25, -0.2) is 0 Å². The molecule has 0 aliphatic heterocycles. The van der Waals surface area contributed by atoms with Gasteiger partial charge < -0.3 is 5.32 Å². The number of carbonyl (C=O) groups is 1. The van der Waals surface area contributed by atoms with Crippen molar-refractivity contribution >= 4 is 11.6 Å². The van der Waals surface area contributed by atoms with Gasteiger partial charge in [0.05, 0.1) is 11.4 Å². The number of anilines is 1. The Bertz CT molecular complexity index is 794. The predicted molar refractivity (Wildman–Crippen MR) is 84.1 cm³/mol. The molecule has 0 aliphatic carbocycles. The highest BCUT2D eigenvalue weighted by molar-refractivity contribution is 5.95. The Hall–Kier alpha value is -3.03. The summed E-state index contributed by atoms with van der Waals surface area (Å²) in [5, 5.41) is 18.7. The normalized spacial score (nSPS) is 12.1. The van der Waals surface area contributed by atoms with Gasteiger partial charge in [-0.1, -0.05) is 19.1 Å². The molecule has 1 aromatic carbocycles. The van der Waals surface area contributed by atoms with Crippen LogP contribution in [-0.4, -0.2) is 35.9 Å². The van der Waals surface area contributed by atoms with E-state index in [0.29, 0.717) is 12.1 Å². The minimum Gasteiger partial charge on any atom is -0.322 e. The second-order valence-electron chi connectivity index (χ2n) is 5.03. The van der Waals surface area contributed by atoms with E-state index < -0.39 is 6.04 Å². The molecule has 3 rings (SSSR count). The van der Waals surface area contributed by atoms with E-state index >= 15 is 0 Å². The Morgan fingerprint density at radius 2 is 2.13 bits per heavy atom. The van der Waals surface area contributed by atoms with Crippen LogP contribution in [0.25, 0.3) is 5.69 Å². The van der Waals surface area contributed by atoms with Crippen LogP contribution in [0.15, 0.2) is 42.7 Å². The Labute approximate surface area is 133 Å². The molecule has 3 aromatic rings. The summed E-state index contributed by atoms with van der Waals surface area (Å²) in [7, 11) is 0. The van der Waals surface area contributed by atoms with Crippen LogP contribution >= 0.6 is 0 Å². The van der Waals surface area contributed by atoms with E-state index in [4.69, 9.17) is 0 Å². The van der Waals surface area contributed by atoms with Crippen molar-refractivity contribution in [1.82, 2.24) is 30.0 Å². The van der Waals surface area contributed by atoms with Crippen molar-refractivity contribution in [3.05, 3.63) is 48.5 Å². The van der Waals surface area contributed by atoms with Crippen LogP contribution in [0.1, 0.15) is 25.7 Å². The van der Waals surface area contributed by atoms with Gasteiger partial charge in [-0.15, -0.1) is 5.10 Å². The second-order valence-corrected chi connectivity index (χ2v) is 5.03. The predicted octanol–water partition coefficient (Wildman–Crippen LogP) is 1.62. The molecule has 8 heteroatoms. The molecule has 1 atom stereocenters. The number of hydrogen-bond acceptors (Lipinski definition) is 5. The zero-order valence-corrected chi connectivity index (χ0v) is 12.9. The average molecular weight is 311 g/mol. The molecule has 2 heterocycles. The molecular formula is C15H17N7O. The zero-order chi connectivity index (χ0) is 16.2. The maximum absolute atomic E-state index is 12.5. The number of amides is 1. The molecule has 8 nitrogen and oxygen atoms in total. The maximum atomic E-state index is 12.5. The largest absolute Gasteiger partial charge is 0.322 e. The summed E-state index contributed by atoms with van der Waals surface area (Å²) in [6.45, 7) is 3.77. The first-order valence-electron chi connectivity index (χ1n) is 7.37. The molecule has 0 unspecified atom stereocenters. The van der Waals surface area contributed by atoms with E-state index in [0.717, 1.165) is 11.5 Å². The number of aryl methyl sites for hydroxylation is 1. The summed E-state index contributed by atoms with van der Waals surface area (Å²) in [4.78, 5) is 12.5. The standard InChI is InChI=1S/C15H17N7O/c1-3-14-18-19-20-22(14)13-8-5-4-7-12(13)17-15(23)11(2)21-10-6-9-16-21/h4-11H,3H2,1-2H3,(H,17,23)/t11-/m0/s1. The van der Waals surface area contributed by atoms with Gasteiger partial charge in [0, 0.05) is 18.8 Å². The fourth-order valence-corrected chi connectivity index (χ4v) is 2.24. The number of nitrogens with zero attached hydrogens (tertiary/aromatic N) is 6. The summed E-state index contributed by atoms with van der Waals surface area (Å²) in [6.07, 6.45) is 4.10. The van der Waals surface area contributed by atoms with E-state index in [9.17, 15) is 4.79 Å². The summed E-state index contributed by atoms with van der Waals surface area (Å²) >= 11 is 0. The van der Waals surface area contributed by atoms with Crippen molar-refractivity contribution in [3.8, 4) is 5.69 Å². The lowest BCUT2D eigenvalue weighted by molar-refractivity contribution is -0.119. The molecule has 2 aromatic heterocycles. The maximum Gasteiger partial charge on any atom is 0.249 e. The topological polar surface area (TPSA) is 90.5 Å². The van der Waals surface area contributed by atoms with Crippen LogP contribution in [0.5, 0.6) is 0 Å². The Morgan fingerprint density at radius 1 is 1.30 bits per heavy atom. The lowest BCUT2D eigenvalue weighted by Gasteiger charge is -2.15. The average Bonchev–Trinajstić information content (AvgIpc) is 3.25. The van der Waals surface area contributed by atoms with Crippen molar-refractivity contribution in [3.63, 3.8) is 0 Å². The summed E-state index contributed by atoms with van der Waals surface area (Å²) < 4.78 is 3.24. The monoisotopic (exact) mass is 311 g/mol. The molecule has 0 fully saturated rings. The number of aromatic nitrogens is 6. The van der Waals surface area contributed by atoms with Crippen molar-refractivity contribution < 1.29 is 4.79 Å². The van der Waals surface area contributed by atoms with Gasteiger partial charge in [0.2, 0.25) is 5.91 Å². The van der Waals surface area contributed by atoms with E-state index in [1.165, 1.54) is 0 Å². The van der Waals surface area contributed by atoms with Gasteiger partial charge in [-0.05, 0) is 35.5 Å². The molecule has 0 saturated carbocycles. The molecule has 0 radical (unpaired) electrons. The lowest BCUT2D eigenvalue weighted by Crippen LogP contribution is -2.24. The van der Waals surface area contributed by atoms with Crippen molar-refractivity contribution in [2.24, 2.45) is 0 Å². The Balaban J connectivity index is 1.88. The van der Waals surface area contributed by atoms with Gasteiger partial charge in [-0.2, -0.15) is 9.78 Å². The fraction of sp³-hybridized carbons (Fsp3) is 0.267. The molecule has 0 saturated heterocycles. The summed E-state index contributed by atoms with van der Waals surface area (Å²) in [5.41, 5.74) is 1.38. The number of tetrazole rings is 1. The highest BCUT2D eigenvalue weighted by Crippen LogP contribution is 2.21. The van der Waals surface area contributed by atoms with Gasteiger partial charge in [0.15, 0.2) is 5.82 Å². The first-order valence-corrected chi connectivity index (χ1v) is 7.37. The molecule has 0 spiro atoms. The number of benzene rings is 1. The molecule has 23 heavy (non-hydrogen) atoms. The molecule has 118 valence electrons. The van der Waals surface area contributed by atoms with Crippen LogP contribution in [-0.2, 0) is 11.2 Å².